The Hall–Kier alpha value is -2.42. The fourth-order valence-electron chi connectivity index (χ4n) is 3.42. The number of aliphatic imine (C=N–C) groups is 1. The van der Waals surface area contributed by atoms with Gasteiger partial charge in [0.1, 0.15) is 5.82 Å². The largest absolute Gasteiger partial charge is 0.356 e. The summed E-state index contributed by atoms with van der Waals surface area (Å²) in [6, 6.07) is 17.1. The van der Waals surface area contributed by atoms with Crippen molar-refractivity contribution in [3.8, 4) is 5.69 Å². The van der Waals surface area contributed by atoms with Gasteiger partial charge >= 0.3 is 0 Å². The molecular formula is C22H25FIN5. The standard InChI is InChI=1S/C22H24FN5.HI/c1-24-21(26-16-22(11-12-22)19-9-5-6-10-20(19)23)25-13-17-14-27-28(15-17)18-7-3-2-4-8-18;/h2-10,14-15H,11-13,16H2,1H3,(H2,24,25,26);1H. The maximum Gasteiger partial charge on any atom is 0.191 e. The van der Waals surface area contributed by atoms with E-state index < -0.39 is 0 Å². The van der Waals surface area contributed by atoms with E-state index in [1.165, 1.54) is 6.07 Å². The van der Waals surface area contributed by atoms with E-state index >= 15 is 0 Å². The number of nitrogens with one attached hydrogen (secondary N) is 2. The molecule has 7 heteroatoms. The number of nitrogens with zero attached hydrogens (tertiary/aromatic N) is 3. The smallest absolute Gasteiger partial charge is 0.191 e. The third-order valence-electron chi connectivity index (χ3n) is 5.23. The molecule has 1 fully saturated rings. The summed E-state index contributed by atoms with van der Waals surface area (Å²) in [5, 5.41) is 11.1. The van der Waals surface area contributed by atoms with Gasteiger partial charge in [-0.15, -0.1) is 24.0 Å². The van der Waals surface area contributed by atoms with Gasteiger partial charge in [0.2, 0.25) is 0 Å². The molecule has 4 rings (SSSR count). The molecule has 1 aliphatic rings. The minimum absolute atomic E-state index is 0. The molecule has 1 heterocycles. The van der Waals surface area contributed by atoms with Gasteiger partial charge < -0.3 is 10.6 Å². The molecule has 1 aromatic heterocycles. The van der Waals surface area contributed by atoms with Crippen molar-refractivity contribution in [1.29, 1.82) is 0 Å². The fraction of sp³-hybridized carbons (Fsp3) is 0.273. The van der Waals surface area contributed by atoms with E-state index in [-0.39, 0.29) is 35.2 Å². The highest BCUT2D eigenvalue weighted by molar-refractivity contribution is 14.0. The van der Waals surface area contributed by atoms with Crippen molar-refractivity contribution in [3.63, 3.8) is 0 Å². The van der Waals surface area contributed by atoms with Crippen molar-refractivity contribution < 1.29 is 4.39 Å². The Labute approximate surface area is 187 Å². The maximum atomic E-state index is 14.2. The average Bonchev–Trinajstić information content (AvgIpc) is 3.37. The topological polar surface area (TPSA) is 54.2 Å². The number of hydrogen-bond acceptors (Lipinski definition) is 2. The van der Waals surface area contributed by atoms with Crippen molar-refractivity contribution in [2.45, 2.75) is 24.8 Å². The zero-order valence-corrected chi connectivity index (χ0v) is 18.6. The van der Waals surface area contributed by atoms with Crippen LogP contribution in [0.5, 0.6) is 0 Å². The second kappa shape index (κ2) is 9.39. The second-order valence-electron chi connectivity index (χ2n) is 7.17. The zero-order valence-electron chi connectivity index (χ0n) is 16.3. The monoisotopic (exact) mass is 505 g/mol. The molecule has 0 spiro atoms. The van der Waals surface area contributed by atoms with Gasteiger partial charge in [-0.05, 0) is 36.6 Å². The van der Waals surface area contributed by atoms with Crippen molar-refractivity contribution in [2.24, 2.45) is 4.99 Å². The van der Waals surface area contributed by atoms with Crippen LogP contribution in [0.4, 0.5) is 4.39 Å². The molecule has 0 amide bonds. The first kappa shape index (κ1) is 21.3. The Kier molecular flexibility index (Phi) is 6.89. The van der Waals surface area contributed by atoms with Crippen LogP contribution in [0.3, 0.4) is 0 Å². The summed E-state index contributed by atoms with van der Waals surface area (Å²) in [6.07, 6.45) is 5.82. The third kappa shape index (κ3) is 4.95. The predicted molar refractivity (Wildman–Crippen MR) is 124 cm³/mol. The normalized spacial score (nSPS) is 14.8. The summed E-state index contributed by atoms with van der Waals surface area (Å²) in [6.45, 7) is 1.27. The van der Waals surface area contributed by atoms with E-state index in [1.807, 2.05) is 59.5 Å². The van der Waals surface area contributed by atoms with Crippen LogP contribution in [0, 0.1) is 5.82 Å². The summed E-state index contributed by atoms with van der Waals surface area (Å²) in [4.78, 5) is 4.29. The lowest BCUT2D eigenvalue weighted by molar-refractivity contribution is 0.559. The Morgan fingerprint density at radius 2 is 1.83 bits per heavy atom. The van der Waals surface area contributed by atoms with Gasteiger partial charge in [-0.25, -0.2) is 9.07 Å². The molecule has 0 bridgehead atoms. The molecule has 0 atom stereocenters. The molecule has 2 N–H and O–H groups in total. The minimum atomic E-state index is -0.127. The molecule has 0 radical (unpaired) electrons. The van der Waals surface area contributed by atoms with E-state index in [9.17, 15) is 4.39 Å². The Morgan fingerprint density at radius 3 is 2.52 bits per heavy atom. The molecule has 5 nitrogen and oxygen atoms in total. The molecule has 0 saturated heterocycles. The first-order valence-corrected chi connectivity index (χ1v) is 9.49. The van der Waals surface area contributed by atoms with Crippen LogP contribution in [0.25, 0.3) is 5.69 Å². The summed E-state index contributed by atoms with van der Waals surface area (Å²) in [5.41, 5.74) is 2.75. The van der Waals surface area contributed by atoms with Crippen LogP contribution in [0.1, 0.15) is 24.0 Å². The van der Waals surface area contributed by atoms with Gasteiger partial charge in [-0.1, -0.05) is 36.4 Å². The molecular weight excluding hydrogens is 480 g/mol. The summed E-state index contributed by atoms with van der Waals surface area (Å²) in [7, 11) is 1.74. The second-order valence-corrected chi connectivity index (χ2v) is 7.17. The number of rotatable bonds is 6. The number of hydrogen-bond donors (Lipinski definition) is 2. The highest BCUT2D eigenvalue weighted by Crippen LogP contribution is 2.48. The summed E-state index contributed by atoms with van der Waals surface area (Å²) in [5.74, 6) is 0.577. The van der Waals surface area contributed by atoms with Crippen LogP contribution in [0.2, 0.25) is 0 Å². The van der Waals surface area contributed by atoms with Gasteiger partial charge in [-0.2, -0.15) is 5.10 Å². The minimum Gasteiger partial charge on any atom is -0.356 e. The van der Waals surface area contributed by atoms with Gasteiger partial charge in [0, 0.05) is 37.3 Å². The number of aromatic nitrogens is 2. The average molecular weight is 505 g/mol. The highest BCUT2D eigenvalue weighted by Gasteiger charge is 2.45. The molecule has 0 aliphatic heterocycles. The van der Waals surface area contributed by atoms with Gasteiger partial charge in [0.25, 0.3) is 0 Å². The van der Waals surface area contributed by atoms with Crippen LogP contribution in [-0.2, 0) is 12.0 Å². The first-order valence-electron chi connectivity index (χ1n) is 9.49. The van der Waals surface area contributed by atoms with Crippen LogP contribution in [-0.4, -0.2) is 29.3 Å². The van der Waals surface area contributed by atoms with Gasteiger partial charge in [0.15, 0.2) is 5.96 Å². The van der Waals surface area contributed by atoms with Crippen LogP contribution < -0.4 is 10.6 Å². The Bertz CT molecular complexity index is 966. The number of guanidine groups is 1. The lowest BCUT2D eigenvalue weighted by atomic mass is 9.95. The quantitative estimate of drug-likeness (QED) is 0.302. The molecule has 0 unspecified atom stereocenters. The SMILES string of the molecule is CN=C(NCc1cnn(-c2ccccc2)c1)NCC1(c2ccccc2F)CC1.I. The number of halogens is 2. The third-order valence-corrected chi connectivity index (χ3v) is 5.23. The van der Waals surface area contributed by atoms with Crippen molar-refractivity contribution in [1.82, 2.24) is 20.4 Å². The van der Waals surface area contributed by atoms with E-state index in [4.69, 9.17) is 0 Å². The maximum absolute atomic E-state index is 14.2. The van der Waals surface area contributed by atoms with Crippen LogP contribution in [0.15, 0.2) is 72.0 Å². The van der Waals surface area contributed by atoms with Crippen LogP contribution >= 0.6 is 24.0 Å². The van der Waals surface area contributed by atoms with Gasteiger partial charge in [0.05, 0.1) is 11.9 Å². The first-order chi connectivity index (χ1) is 13.7. The lowest BCUT2D eigenvalue weighted by Gasteiger charge is -2.19. The van der Waals surface area contributed by atoms with E-state index in [1.54, 1.807) is 13.1 Å². The summed E-state index contributed by atoms with van der Waals surface area (Å²) < 4.78 is 16.0. The molecule has 29 heavy (non-hydrogen) atoms. The van der Waals surface area contributed by atoms with Crippen molar-refractivity contribution in [2.75, 3.05) is 13.6 Å². The highest BCUT2D eigenvalue weighted by atomic mass is 127. The van der Waals surface area contributed by atoms with Gasteiger partial charge in [-0.3, -0.25) is 4.99 Å². The zero-order chi connectivity index (χ0) is 19.4. The molecule has 2 aromatic carbocycles. The molecule has 3 aromatic rings. The fourth-order valence-corrected chi connectivity index (χ4v) is 3.42. The van der Waals surface area contributed by atoms with E-state index in [2.05, 4.69) is 20.7 Å². The number of benzene rings is 2. The van der Waals surface area contributed by atoms with E-state index in [0.29, 0.717) is 19.0 Å². The van der Waals surface area contributed by atoms with E-state index in [0.717, 1.165) is 29.7 Å². The molecule has 1 saturated carbocycles. The molecule has 1 aliphatic carbocycles. The number of para-hydroxylation sites is 1. The molecule has 152 valence electrons. The van der Waals surface area contributed by atoms with Crippen molar-refractivity contribution in [3.05, 3.63) is 83.9 Å². The Balaban J connectivity index is 0.00000240. The lowest BCUT2D eigenvalue weighted by Crippen LogP contribution is -2.41. The Morgan fingerprint density at radius 1 is 1.10 bits per heavy atom. The predicted octanol–water partition coefficient (Wildman–Crippen LogP) is 4.03. The summed E-state index contributed by atoms with van der Waals surface area (Å²) >= 11 is 0. The van der Waals surface area contributed by atoms with Crippen molar-refractivity contribution >= 4 is 29.9 Å².